The third-order valence-corrected chi connectivity index (χ3v) is 22.7. The van der Waals surface area contributed by atoms with Crippen LogP contribution in [0.3, 0.4) is 0 Å². The molecule has 0 spiro atoms. The van der Waals surface area contributed by atoms with Crippen LogP contribution in [0.15, 0.2) is 73.7 Å². The number of carbonyl (C=O) groups is 1. The fourth-order valence-electron chi connectivity index (χ4n) is 3.64. The lowest BCUT2D eigenvalue weighted by Gasteiger charge is -2.32. The Labute approximate surface area is 214 Å². The summed E-state index contributed by atoms with van der Waals surface area (Å²) in [7, 11) is -7.14. The molecule has 2 unspecified atom stereocenters. The summed E-state index contributed by atoms with van der Waals surface area (Å²) >= 11 is 0. The molecule has 0 heterocycles. The van der Waals surface area contributed by atoms with E-state index in [1.54, 1.807) is 0 Å². The smallest absolute Gasteiger partial charge is 0.438 e. The molecule has 0 amide bonds. The lowest BCUT2D eigenvalue weighted by molar-refractivity contribution is 0.0772. The van der Waals surface area contributed by atoms with Crippen LogP contribution < -0.4 is 0 Å². The van der Waals surface area contributed by atoms with Gasteiger partial charge in [0.15, 0.2) is 0 Å². The van der Waals surface area contributed by atoms with Gasteiger partial charge in [0.25, 0.3) is 0 Å². The molecule has 192 valence electrons. The maximum atomic E-state index is 12.4. The molecule has 0 aromatic heterocycles. The Kier molecular flexibility index (Phi) is 13.6. The molecule has 2 atom stereocenters. The summed E-state index contributed by atoms with van der Waals surface area (Å²) in [6.07, 6.45) is 2.55. The summed E-state index contributed by atoms with van der Waals surface area (Å²) in [5.41, 5.74) is 13.3. The zero-order valence-electron chi connectivity index (χ0n) is 22.8. The molecule has 7 heteroatoms. The number of ether oxygens (including phenoxy) is 2. The van der Waals surface area contributed by atoms with Crippen molar-refractivity contribution in [2.45, 2.75) is 76.0 Å². The molecule has 3 nitrogen and oxygen atoms in total. The first-order chi connectivity index (χ1) is 15.7. The van der Waals surface area contributed by atoms with Crippen molar-refractivity contribution in [3.8, 4) is 0 Å². The van der Waals surface area contributed by atoms with Gasteiger partial charge in [-0.25, -0.2) is 4.79 Å². The highest BCUT2D eigenvalue weighted by molar-refractivity contribution is 6.93. The van der Waals surface area contributed by atoms with Crippen LogP contribution in [0.5, 0.6) is 0 Å². The van der Waals surface area contributed by atoms with Crippen LogP contribution in [0.25, 0.3) is 0 Å². The van der Waals surface area contributed by atoms with Gasteiger partial charge >= 0.3 is 6.16 Å². The highest BCUT2D eigenvalue weighted by atomic mass is 28.3. The quantitative estimate of drug-likeness (QED) is 0.131. The largest absolute Gasteiger partial charge is 0.507 e. The predicted octanol–water partition coefficient (Wildman–Crippen LogP) is 8.44. The molecule has 0 aliphatic rings. The summed E-state index contributed by atoms with van der Waals surface area (Å²) in [6, 6.07) is 2.11. The van der Waals surface area contributed by atoms with Crippen molar-refractivity contribution >= 4 is 38.5 Å². The highest BCUT2D eigenvalue weighted by Crippen LogP contribution is 2.32. The Morgan fingerprint density at radius 1 is 0.647 bits per heavy atom. The monoisotopic (exact) mass is 534 g/mol. The lowest BCUT2D eigenvalue weighted by Crippen LogP contribution is -2.42. The highest BCUT2D eigenvalue weighted by Gasteiger charge is 2.35. The Balaban J connectivity index is 4.75. The normalized spacial score (nSPS) is 14.3. The molecule has 0 aromatic carbocycles. The maximum absolute atomic E-state index is 12.4. The van der Waals surface area contributed by atoms with Gasteiger partial charge in [-0.1, -0.05) is 87.1 Å². The molecule has 0 saturated carbocycles. The van der Waals surface area contributed by atoms with Gasteiger partial charge in [-0.05, 0) is 23.2 Å². The van der Waals surface area contributed by atoms with Gasteiger partial charge in [-0.2, -0.15) is 0 Å². The molecule has 0 rings (SSSR count). The van der Waals surface area contributed by atoms with Crippen molar-refractivity contribution in [1.82, 2.24) is 0 Å². The SMILES string of the molecule is C=C[Si](C=C)(C=C)CCC(C)[Si](C)(C)COC(=O)OC[Si](C)(C)C(C)CC[Si](C=C)(C=C)C=C. The molecule has 0 fully saturated rings. The second kappa shape index (κ2) is 14.2. The van der Waals surface area contributed by atoms with Gasteiger partial charge in [-0.15, -0.1) is 39.5 Å². The fraction of sp³-hybridized carbons (Fsp3) is 0.519. The van der Waals surface area contributed by atoms with Crippen molar-refractivity contribution < 1.29 is 14.3 Å². The van der Waals surface area contributed by atoms with Gasteiger partial charge in [0.2, 0.25) is 0 Å². The van der Waals surface area contributed by atoms with Crippen LogP contribution in [0.1, 0.15) is 26.7 Å². The minimum absolute atomic E-state index is 0.474. The average molecular weight is 535 g/mol. The third-order valence-electron chi connectivity index (χ3n) is 8.09. The van der Waals surface area contributed by atoms with E-state index < -0.39 is 38.5 Å². The first-order valence-electron chi connectivity index (χ1n) is 12.3. The summed E-state index contributed by atoms with van der Waals surface area (Å²) in [5, 5.41) is 0. The molecule has 0 aromatic rings. The van der Waals surface area contributed by atoms with E-state index in [1.807, 2.05) is 34.2 Å². The molecule has 0 aliphatic heterocycles. The van der Waals surface area contributed by atoms with E-state index in [-0.39, 0.29) is 0 Å². The summed E-state index contributed by atoms with van der Waals surface area (Å²) < 4.78 is 11.2. The number of carbonyl (C=O) groups excluding carboxylic acids is 1. The van der Waals surface area contributed by atoms with Crippen LogP contribution in [-0.2, 0) is 9.47 Å². The predicted molar refractivity (Wildman–Crippen MR) is 163 cm³/mol. The van der Waals surface area contributed by atoms with Crippen molar-refractivity contribution in [3.63, 3.8) is 0 Å². The maximum Gasteiger partial charge on any atom is 0.507 e. The van der Waals surface area contributed by atoms with Crippen LogP contribution >= 0.6 is 0 Å². The molecule has 34 heavy (non-hydrogen) atoms. The second-order valence-corrected chi connectivity index (χ2v) is 29.5. The molecule has 0 bridgehead atoms. The molecule has 0 saturated heterocycles. The molecule has 0 aliphatic carbocycles. The van der Waals surface area contributed by atoms with Crippen molar-refractivity contribution in [2.24, 2.45) is 0 Å². The van der Waals surface area contributed by atoms with E-state index in [0.717, 1.165) is 24.9 Å². The van der Waals surface area contributed by atoms with Gasteiger partial charge in [-0.3, -0.25) is 0 Å². The standard InChI is InChI=1S/C27H50O3Si4/c1-13-33(14-2,15-3)21-19-25(7)31(9,10)23-29-27(28)30-24-32(11,12)26(8)20-22-34(16-4,17-5)18-6/h13-18,25-26H,1-6,19-24H2,7-12H3. The Morgan fingerprint density at radius 2 is 0.912 bits per heavy atom. The van der Waals surface area contributed by atoms with Crippen LogP contribution in [-0.4, -0.2) is 50.9 Å². The Bertz CT molecular complexity index is 639. The van der Waals surface area contributed by atoms with Crippen molar-refractivity contribution in [2.75, 3.05) is 12.5 Å². The molecule has 0 N–H and O–H groups in total. The van der Waals surface area contributed by atoms with Crippen LogP contribution in [0.4, 0.5) is 4.79 Å². The summed E-state index contributed by atoms with van der Waals surface area (Å²) in [6.45, 7) is 37.7. The van der Waals surface area contributed by atoms with Gasteiger partial charge < -0.3 is 9.47 Å². The van der Waals surface area contributed by atoms with Gasteiger partial charge in [0, 0.05) is 0 Å². The van der Waals surface area contributed by atoms with E-state index in [0.29, 0.717) is 23.5 Å². The minimum Gasteiger partial charge on any atom is -0.438 e. The first kappa shape index (κ1) is 32.6. The Morgan fingerprint density at radius 3 is 1.15 bits per heavy atom. The average Bonchev–Trinajstić information content (AvgIpc) is 2.83. The molecular formula is C27H50O3Si4. The number of rotatable bonds is 18. The summed E-state index contributed by atoms with van der Waals surface area (Å²) in [5.74, 6) is 0. The van der Waals surface area contributed by atoms with E-state index in [4.69, 9.17) is 9.47 Å². The van der Waals surface area contributed by atoms with Crippen molar-refractivity contribution in [1.29, 1.82) is 0 Å². The molecule has 0 radical (unpaired) electrons. The first-order valence-corrected chi connectivity index (χ1v) is 23.8. The Hall–Kier alpha value is -1.42. The lowest BCUT2D eigenvalue weighted by atomic mass is 10.4. The fourth-order valence-corrected chi connectivity index (χ4v) is 11.7. The van der Waals surface area contributed by atoms with Crippen LogP contribution in [0, 0.1) is 0 Å². The van der Waals surface area contributed by atoms with Crippen molar-refractivity contribution in [3.05, 3.63) is 73.7 Å². The number of hydrogen-bond donors (Lipinski definition) is 0. The van der Waals surface area contributed by atoms with E-state index in [9.17, 15) is 4.79 Å². The zero-order valence-corrected chi connectivity index (χ0v) is 26.8. The van der Waals surface area contributed by atoms with Crippen LogP contribution in [0.2, 0.25) is 49.4 Å². The second-order valence-electron chi connectivity index (χ2n) is 11.1. The van der Waals surface area contributed by atoms with E-state index in [2.05, 4.69) is 79.5 Å². The third kappa shape index (κ3) is 9.68. The zero-order chi connectivity index (χ0) is 26.6. The van der Waals surface area contributed by atoms with E-state index >= 15 is 0 Å². The van der Waals surface area contributed by atoms with Gasteiger partial charge in [0.05, 0.1) is 28.6 Å². The van der Waals surface area contributed by atoms with E-state index in [1.165, 1.54) is 0 Å². The summed E-state index contributed by atoms with van der Waals surface area (Å²) in [4.78, 5) is 12.4. The number of hydrogen-bond acceptors (Lipinski definition) is 3. The van der Waals surface area contributed by atoms with Gasteiger partial charge in [0.1, 0.15) is 16.1 Å². The molecular weight excluding hydrogens is 485 g/mol. The topological polar surface area (TPSA) is 35.5 Å². The minimum atomic E-state index is -1.80.